The third-order valence-corrected chi connectivity index (χ3v) is 1.90. The van der Waals surface area contributed by atoms with E-state index >= 15 is 0 Å². The van der Waals surface area contributed by atoms with E-state index in [-0.39, 0.29) is 0 Å². The van der Waals surface area contributed by atoms with Crippen LogP contribution >= 0.6 is 0 Å². The van der Waals surface area contributed by atoms with Gasteiger partial charge in [0.25, 0.3) is 11.6 Å². The van der Waals surface area contributed by atoms with Crippen molar-refractivity contribution in [3.05, 3.63) is 0 Å². The Morgan fingerprint density at radius 3 is 2.15 bits per heavy atom. The van der Waals surface area contributed by atoms with E-state index in [1.54, 1.807) is 0 Å². The molecule has 72 valence electrons. The topological polar surface area (TPSA) is 90.2 Å². The highest BCUT2D eigenvalue weighted by atomic mass is 16.4. The van der Waals surface area contributed by atoms with E-state index in [4.69, 9.17) is 10.3 Å². The van der Waals surface area contributed by atoms with Gasteiger partial charge in [-0.3, -0.25) is 4.79 Å². The molecule has 6 nitrogen and oxygen atoms in total. The summed E-state index contributed by atoms with van der Waals surface area (Å²) in [4.78, 5) is 23.0. The van der Waals surface area contributed by atoms with Crippen LogP contribution in [0, 0.1) is 0 Å². The van der Waals surface area contributed by atoms with E-state index in [2.05, 4.69) is 5.16 Å². The molecule has 0 saturated carbocycles. The van der Waals surface area contributed by atoms with Crippen LogP contribution in [-0.2, 0) is 9.59 Å². The molecule has 1 rings (SSSR count). The molecular weight excluding hydrogens is 176 g/mol. The van der Waals surface area contributed by atoms with Gasteiger partial charge in [-0.25, -0.2) is 4.79 Å². The first-order chi connectivity index (χ1) is 6.16. The summed E-state index contributed by atoms with van der Waals surface area (Å²) in [6.45, 7) is 1.07. The summed E-state index contributed by atoms with van der Waals surface area (Å²) in [5.74, 6) is -2.22. The van der Waals surface area contributed by atoms with Crippen LogP contribution in [0.15, 0.2) is 5.16 Å². The second kappa shape index (κ2) is 3.88. The quantitative estimate of drug-likeness (QED) is 0.264. The van der Waals surface area contributed by atoms with E-state index in [1.165, 1.54) is 4.90 Å². The molecule has 13 heavy (non-hydrogen) atoms. The summed E-state index contributed by atoms with van der Waals surface area (Å²) in [6.07, 6.45) is 1.73. The summed E-state index contributed by atoms with van der Waals surface area (Å²) in [6, 6.07) is 0. The van der Waals surface area contributed by atoms with Crippen molar-refractivity contribution in [2.45, 2.75) is 12.8 Å². The Morgan fingerprint density at radius 2 is 1.77 bits per heavy atom. The third kappa shape index (κ3) is 1.95. The van der Waals surface area contributed by atoms with Crippen LogP contribution in [0.1, 0.15) is 12.8 Å². The van der Waals surface area contributed by atoms with Gasteiger partial charge in [0, 0.05) is 13.1 Å². The lowest BCUT2D eigenvalue weighted by molar-refractivity contribution is -0.132. The molecule has 1 aliphatic heterocycles. The lowest BCUT2D eigenvalue weighted by Gasteiger charge is -2.13. The fourth-order valence-electron chi connectivity index (χ4n) is 1.25. The Bertz CT molecular complexity index is 255. The molecule has 0 aromatic carbocycles. The van der Waals surface area contributed by atoms with Crippen molar-refractivity contribution < 1.29 is 19.9 Å². The number of hydrogen-bond donors (Lipinski definition) is 2. The zero-order chi connectivity index (χ0) is 9.84. The smallest absolute Gasteiger partial charge is 0.363 e. The molecule has 1 amide bonds. The van der Waals surface area contributed by atoms with Gasteiger partial charge >= 0.3 is 5.97 Å². The Kier molecular flexibility index (Phi) is 2.84. The summed E-state index contributed by atoms with van der Waals surface area (Å²) in [7, 11) is 0. The second-order valence-electron chi connectivity index (χ2n) is 2.75. The first-order valence-electron chi connectivity index (χ1n) is 3.91. The number of carbonyl (C=O) groups excluding carboxylic acids is 1. The van der Waals surface area contributed by atoms with Crippen molar-refractivity contribution in [1.29, 1.82) is 0 Å². The molecule has 0 bridgehead atoms. The van der Waals surface area contributed by atoms with Crippen molar-refractivity contribution >= 4 is 17.6 Å². The maximum atomic E-state index is 11.3. The van der Waals surface area contributed by atoms with Crippen molar-refractivity contribution in [3.63, 3.8) is 0 Å². The number of amides is 1. The number of hydrogen-bond acceptors (Lipinski definition) is 4. The fraction of sp³-hybridized carbons (Fsp3) is 0.571. The van der Waals surface area contributed by atoms with Gasteiger partial charge in [0.2, 0.25) is 0 Å². The number of aliphatic carboxylic acids is 1. The number of carbonyl (C=O) groups is 2. The monoisotopic (exact) mass is 186 g/mol. The van der Waals surface area contributed by atoms with Crippen LogP contribution in [0.5, 0.6) is 0 Å². The number of nitrogens with zero attached hydrogens (tertiary/aromatic N) is 2. The molecule has 2 N–H and O–H groups in total. The summed E-state index contributed by atoms with van der Waals surface area (Å²) < 4.78 is 0. The zero-order valence-electron chi connectivity index (χ0n) is 6.93. The van der Waals surface area contributed by atoms with Crippen molar-refractivity contribution in [3.8, 4) is 0 Å². The minimum atomic E-state index is -1.50. The van der Waals surface area contributed by atoms with E-state index in [9.17, 15) is 9.59 Å². The first kappa shape index (κ1) is 9.50. The maximum Gasteiger partial charge on any atom is 0.363 e. The van der Waals surface area contributed by atoms with E-state index in [0.717, 1.165) is 12.8 Å². The predicted octanol–water partition coefficient (Wildman–Crippen LogP) is -0.476. The summed E-state index contributed by atoms with van der Waals surface area (Å²) in [5.41, 5.74) is -0.818. The molecule has 0 aliphatic carbocycles. The van der Waals surface area contributed by atoms with E-state index < -0.39 is 17.6 Å². The lowest BCUT2D eigenvalue weighted by atomic mass is 10.3. The Labute approximate surface area is 74.4 Å². The van der Waals surface area contributed by atoms with Crippen molar-refractivity contribution in [2.75, 3.05) is 13.1 Å². The largest absolute Gasteiger partial charge is 0.476 e. The van der Waals surface area contributed by atoms with Gasteiger partial charge in [-0.15, -0.1) is 0 Å². The standard InChI is InChI=1S/C7H10N2O4/c10-6(5(8-13)7(11)12)9-3-1-2-4-9/h13H,1-4H2,(H,11,12)/b8-5-. The number of carboxylic acids is 1. The average molecular weight is 186 g/mol. The Hall–Kier alpha value is -1.59. The van der Waals surface area contributed by atoms with Gasteiger partial charge in [0.15, 0.2) is 0 Å². The number of rotatable bonds is 2. The molecular formula is C7H10N2O4. The van der Waals surface area contributed by atoms with Crippen LogP contribution in [-0.4, -0.2) is 45.9 Å². The predicted molar refractivity (Wildman–Crippen MR) is 42.7 cm³/mol. The van der Waals surface area contributed by atoms with Crippen LogP contribution < -0.4 is 0 Å². The van der Waals surface area contributed by atoms with Crippen LogP contribution in [0.3, 0.4) is 0 Å². The van der Waals surface area contributed by atoms with Gasteiger partial charge in [-0.05, 0) is 12.8 Å². The number of carboxylic acid groups (broad SMARTS) is 1. The SMILES string of the molecule is O=C(O)/C(=N\O)C(=O)N1CCCC1. The van der Waals surface area contributed by atoms with E-state index in [1.807, 2.05) is 0 Å². The molecule has 0 aromatic rings. The lowest BCUT2D eigenvalue weighted by Crippen LogP contribution is -2.38. The normalized spacial score (nSPS) is 17.5. The summed E-state index contributed by atoms with van der Waals surface area (Å²) >= 11 is 0. The highest BCUT2D eigenvalue weighted by Crippen LogP contribution is 2.07. The number of oxime groups is 1. The van der Waals surface area contributed by atoms with E-state index in [0.29, 0.717) is 13.1 Å². The number of likely N-dealkylation sites (tertiary alicyclic amines) is 1. The maximum absolute atomic E-state index is 11.3. The fourth-order valence-corrected chi connectivity index (χ4v) is 1.25. The van der Waals surface area contributed by atoms with Crippen LogP contribution in [0.25, 0.3) is 0 Å². The Balaban J connectivity index is 2.69. The van der Waals surface area contributed by atoms with Gasteiger partial charge in [0.1, 0.15) is 0 Å². The van der Waals surface area contributed by atoms with Crippen LogP contribution in [0.4, 0.5) is 0 Å². The first-order valence-corrected chi connectivity index (χ1v) is 3.91. The molecule has 0 radical (unpaired) electrons. The van der Waals surface area contributed by atoms with Crippen molar-refractivity contribution in [2.24, 2.45) is 5.16 Å². The molecule has 0 unspecified atom stereocenters. The third-order valence-electron chi connectivity index (χ3n) is 1.90. The highest BCUT2D eigenvalue weighted by molar-refractivity contribution is 6.63. The molecule has 1 fully saturated rings. The molecule has 1 aliphatic rings. The van der Waals surface area contributed by atoms with Gasteiger partial charge in [0.05, 0.1) is 0 Å². The minimum Gasteiger partial charge on any atom is -0.476 e. The van der Waals surface area contributed by atoms with Gasteiger partial charge in [-0.1, -0.05) is 5.16 Å². The second-order valence-corrected chi connectivity index (χ2v) is 2.75. The van der Waals surface area contributed by atoms with Crippen molar-refractivity contribution in [1.82, 2.24) is 4.90 Å². The molecule has 1 heterocycles. The molecule has 0 atom stereocenters. The van der Waals surface area contributed by atoms with Gasteiger partial charge in [-0.2, -0.15) is 0 Å². The summed E-state index contributed by atoms with van der Waals surface area (Å²) in [5, 5.41) is 19.2. The zero-order valence-corrected chi connectivity index (χ0v) is 6.93. The Morgan fingerprint density at radius 1 is 1.23 bits per heavy atom. The molecule has 0 spiro atoms. The minimum absolute atomic E-state index is 0.533. The molecule has 0 aromatic heterocycles. The highest BCUT2D eigenvalue weighted by Gasteiger charge is 2.27. The molecule has 6 heteroatoms. The van der Waals surface area contributed by atoms with Gasteiger partial charge < -0.3 is 15.2 Å². The average Bonchev–Trinajstić information content (AvgIpc) is 2.56. The molecule has 1 saturated heterocycles. The van der Waals surface area contributed by atoms with Crippen LogP contribution in [0.2, 0.25) is 0 Å².